The summed E-state index contributed by atoms with van der Waals surface area (Å²) in [4.78, 5) is 0. The van der Waals surface area contributed by atoms with Gasteiger partial charge in [0.05, 0.1) is 0 Å². The van der Waals surface area contributed by atoms with Gasteiger partial charge in [0.15, 0.2) is 0 Å². The van der Waals surface area contributed by atoms with Gasteiger partial charge >= 0.3 is 6.61 Å². The van der Waals surface area contributed by atoms with E-state index in [-0.39, 0.29) is 5.75 Å². The van der Waals surface area contributed by atoms with Crippen molar-refractivity contribution in [2.75, 3.05) is 6.54 Å². The van der Waals surface area contributed by atoms with Crippen LogP contribution in [0.3, 0.4) is 0 Å². The van der Waals surface area contributed by atoms with Crippen LogP contribution in [0, 0.1) is 0 Å². The van der Waals surface area contributed by atoms with Crippen molar-refractivity contribution in [2.24, 2.45) is 0 Å². The van der Waals surface area contributed by atoms with Crippen molar-refractivity contribution in [1.82, 2.24) is 5.32 Å². The molecule has 2 nitrogen and oxygen atoms in total. The highest BCUT2D eigenvalue weighted by molar-refractivity contribution is 5.27. The largest absolute Gasteiger partial charge is 0.435 e. The van der Waals surface area contributed by atoms with Crippen LogP contribution in [-0.2, 0) is 6.54 Å². The number of nitrogens with one attached hydrogen (secondary N) is 1. The Morgan fingerprint density at radius 2 is 1.94 bits per heavy atom. The van der Waals surface area contributed by atoms with Crippen molar-refractivity contribution in [3.63, 3.8) is 0 Å². The first kappa shape index (κ1) is 12.9. The van der Waals surface area contributed by atoms with Gasteiger partial charge in [0, 0.05) is 6.54 Å². The zero-order valence-electron chi connectivity index (χ0n) is 9.38. The molecule has 1 aromatic rings. The second-order valence-electron chi connectivity index (χ2n) is 3.55. The maximum absolute atomic E-state index is 11.9. The van der Waals surface area contributed by atoms with Gasteiger partial charge < -0.3 is 10.1 Å². The lowest BCUT2D eigenvalue weighted by molar-refractivity contribution is -0.0498. The molecule has 0 radical (unpaired) electrons. The summed E-state index contributed by atoms with van der Waals surface area (Å²) in [7, 11) is 0. The number of hydrogen-bond acceptors (Lipinski definition) is 2. The summed E-state index contributed by atoms with van der Waals surface area (Å²) in [6, 6.07) is 6.69. The molecule has 4 heteroatoms. The molecule has 0 saturated heterocycles. The second-order valence-corrected chi connectivity index (χ2v) is 3.55. The average Bonchev–Trinajstić information content (AvgIpc) is 2.26. The molecule has 0 bridgehead atoms. The van der Waals surface area contributed by atoms with Crippen LogP contribution in [0.5, 0.6) is 5.75 Å². The lowest BCUT2D eigenvalue weighted by Gasteiger charge is -2.06. The molecule has 1 N–H and O–H groups in total. The smallest absolute Gasteiger partial charge is 0.387 e. The molecule has 0 aliphatic heterocycles. The lowest BCUT2D eigenvalue weighted by atomic mass is 10.2. The first-order chi connectivity index (χ1) is 7.72. The fraction of sp³-hybridized carbons (Fsp3) is 0.500. The minimum atomic E-state index is -2.76. The van der Waals surface area contributed by atoms with Crippen LogP contribution >= 0.6 is 0 Å². The summed E-state index contributed by atoms with van der Waals surface area (Å²) in [5, 5.41) is 3.27. The van der Waals surface area contributed by atoms with E-state index in [2.05, 4.69) is 17.0 Å². The van der Waals surface area contributed by atoms with E-state index in [1.54, 1.807) is 24.3 Å². The van der Waals surface area contributed by atoms with E-state index in [4.69, 9.17) is 0 Å². The number of benzene rings is 1. The fourth-order valence-electron chi connectivity index (χ4n) is 1.32. The van der Waals surface area contributed by atoms with Crippen LogP contribution in [0.25, 0.3) is 0 Å². The Kier molecular flexibility index (Phi) is 5.78. The Hall–Kier alpha value is -1.16. The summed E-state index contributed by atoms with van der Waals surface area (Å²) in [6.07, 6.45) is 2.31. The van der Waals surface area contributed by atoms with Crippen LogP contribution in [0.15, 0.2) is 24.3 Å². The number of halogens is 2. The fourth-order valence-corrected chi connectivity index (χ4v) is 1.32. The monoisotopic (exact) mass is 229 g/mol. The van der Waals surface area contributed by atoms with Crippen molar-refractivity contribution in [2.45, 2.75) is 32.9 Å². The molecule has 0 saturated carbocycles. The molecule has 0 amide bonds. The molecule has 16 heavy (non-hydrogen) atoms. The Balaban J connectivity index is 2.33. The highest BCUT2D eigenvalue weighted by atomic mass is 19.3. The summed E-state index contributed by atoms with van der Waals surface area (Å²) in [5.74, 6) is 0.201. The Morgan fingerprint density at radius 3 is 2.50 bits per heavy atom. The quantitative estimate of drug-likeness (QED) is 0.725. The molecule has 0 aromatic heterocycles. The summed E-state index contributed by atoms with van der Waals surface area (Å²) in [6.45, 7) is 1.12. The number of alkyl halides is 2. The molecular formula is C12H17F2NO. The van der Waals surface area contributed by atoms with Gasteiger partial charge in [-0.3, -0.25) is 0 Å². The first-order valence-electron chi connectivity index (χ1n) is 5.47. The molecule has 1 rings (SSSR count). The van der Waals surface area contributed by atoms with E-state index in [1.165, 1.54) is 0 Å². The Bertz CT molecular complexity index is 288. The number of ether oxygens (including phenoxy) is 1. The molecule has 90 valence electrons. The topological polar surface area (TPSA) is 21.3 Å². The molecule has 0 fully saturated rings. The van der Waals surface area contributed by atoms with Crippen LogP contribution in [-0.4, -0.2) is 13.2 Å². The van der Waals surface area contributed by atoms with Gasteiger partial charge in [-0.25, -0.2) is 0 Å². The van der Waals surface area contributed by atoms with Crippen molar-refractivity contribution in [1.29, 1.82) is 0 Å². The van der Waals surface area contributed by atoms with Gasteiger partial charge in [0.2, 0.25) is 0 Å². The van der Waals surface area contributed by atoms with Crippen molar-refractivity contribution >= 4 is 0 Å². The third-order valence-corrected chi connectivity index (χ3v) is 2.18. The van der Waals surface area contributed by atoms with Gasteiger partial charge in [-0.1, -0.05) is 25.5 Å². The summed E-state index contributed by atoms with van der Waals surface area (Å²) < 4.78 is 28.0. The zero-order valence-corrected chi connectivity index (χ0v) is 9.38. The van der Waals surface area contributed by atoms with Crippen molar-refractivity contribution in [3.8, 4) is 5.75 Å². The Morgan fingerprint density at radius 1 is 1.25 bits per heavy atom. The van der Waals surface area contributed by atoms with E-state index in [9.17, 15) is 8.78 Å². The van der Waals surface area contributed by atoms with Gasteiger partial charge in [0.25, 0.3) is 0 Å². The van der Waals surface area contributed by atoms with E-state index < -0.39 is 6.61 Å². The van der Waals surface area contributed by atoms with Crippen LogP contribution < -0.4 is 10.1 Å². The molecule has 1 aromatic carbocycles. The second kappa shape index (κ2) is 7.17. The maximum atomic E-state index is 11.9. The predicted octanol–water partition coefficient (Wildman–Crippen LogP) is 3.18. The van der Waals surface area contributed by atoms with Crippen LogP contribution in [0.2, 0.25) is 0 Å². The molecule has 0 unspecified atom stereocenters. The maximum Gasteiger partial charge on any atom is 0.387 e. The third kappa shape index (κ3) is 5.07. The van der Waals surface area contributed by atoms with Gasteiger partial charge in [-0.05, 0) is 30.7 Å². The average molecular weight is 229 g/mol. The van der Waals surface area contributed by atoms with E-state index in [0.29, 0.717) is 0 Å². The zero-order chi connectivity index (χ0) is 11.8. The lowest BCUT2D eigenvalue weighted by Crippen LogP contribution is -2.14. The standard InChI is InChI=1S/C12H17F2NO/c1-2-3-8-15-9-10-4-6-11(7-5-10)16-12(13)14/h4-7,12,15H,2-3,8-9H2,1H3. The normalized spacial score (nSPS) is 10.8. The van der Waals surface area contributed by atoms with E-state index in [0.717, 1.165) is 31.5 Å². The third-order valence-electron chi connectivity index (χ3n) is 2.18. The van der Waals surface area contributed by atoms with Gasteiger partial charge in [-0.2, -0.15) is 8.78 Å². The highest BCUT2D eigenvalue weighted by Crippen LogP contribution is 2.14. The van der Waals surface area contributed by atoms with E-state index in [1.807, 2.05) is 0 Å². The SMILES string of the molecule is CCCCNCc1ccc(OC(F)F)cc1. The van der Waals surface area contributed by atoms with Crippen LogP contribution in [0.4, 0.5) is 8.78 Å². The molecular weight excluding hydrogens is 212 g/mol. The molecule has 0 atom stereocenters. The summed E-state index contributed by atoms with van der Waals surface area (Å²) in [5.41, 5.74) is 1.07. The Labute approximate surface area is 94.6 Å². The first-order valence-corrected chi connectivity index (χ1v) is 5.47. The van der Waals surface area contributed by atoms with Crippen molar-refractivity contribution < 1.29 is 13.5 Å². The predicted molar refractivity (Wildman–Crippen MR) is 59.7 cm³/mol. The molecule has 0 spiro atoms. The molecule has 0 aliphatic carbocycles. The van der Waals surface area contributed by atoms with Gasteiger partial charge in [-0.15, -0.1) is 0 Å². The van der Waals surface area contributed by atoms with Crippen LogP contribution in [0.1, 0.15) is 25.3 Å². The summed E-state index contributed by atoms with van der Waals surface area (Å²) >= 11 is 0. The number of rotatable bonds is 7. The molecule has 0 heterocycles. The van der Waals surface area contributed by atoms with E-state index >= 15 is 0 Å². The number of hydrogen-bond donors (Lipinski definition) is 1. The molecule has 0 aliphatic rings. The number of unbranched alkanes of at least 4 members (excludes halogenated alkanes) is 1. The minimum absolute atomic E-state index is 0.201. The minimum Gasteiger partial charge on any atom is -0.435 e. The highest BCUT2D eigenvalue weighted by Gasteiger charge is 2.03. The van der Waals surface area contributed by atoms with Gasteiger partial charge in [0.1, 0.15) is 5.75 Å². The van der Waals surface area contributed by atoms with Crippen molar-refractivity contribution in [3.05, 3.63) is 29.8 Å².